The summed E-state index contributed by atoms with van der Waals surface area (Å²) in [6.07, 6.45) is 6.33. The van der Waals surface area contributed by atoms with Gasteiger partial charge < -0.3 is 10.1 Å². The van der Waals surface area contributed by atoms with Gasteiger partial charge >= 0.3 is 6.01 Å². The van der Waals surface area contributed by atoms with Crippen molar-refractivity contribution < 1.29 is 9.53 Å². The maximum atomic E-state index is 11.3. The smallest absolute Gasteiger partial charge is 0.316 e. The first-order valence-electron chi connectivity index (χ1n) is 5.55. The molecular weight excluding hydrogens is 218 g/mol. The quantitative estimate of drug-likeness (QED) is 0.784. The molecule has 0 radical (unpaired) electrons. The highest BCUT2D eigenvalue weighted by molar-refractivity contribution is 5.91. The summed E-state index contributed by atoms with van der Waals surface area (Å²) in [4.78, 5) is 19.3. The van der Waals surface area contributed by atoms with Crippen molar-refractivity contribution in [2.24, 2.45) is 0 Å². The van der Waals surface area contributed by atoms with Crippen LogP contribution < -0.4 is 10.1 Å². The van der Waals surface area contributed by atoms with Gasteiger partial charge in [-0.15, -0.1) is 0 Å². The van der Waals surface area contributed by atoms with Crippen molar-refractivity contribution in [1.82, 2.24) is 15.3 Å². The van der Waals surface area contributed by atoms with Crippen LogP contribution in [0.3, 0.4) is 0 Å². The maximum absolute atomic E-state index is 11.3. The molecule has 0 saturated carbocycles. The van der Waals surface area contributed by atoms with Crippen molar-refractivity contribution in [3.05, 3.63) is 24.0 Å². The Balaban J connectivity index is 2.56. The number of aromatic nitrogens is 2. The molecule has 0 fully saturated rings. The molecule has 1 aromatic heterocycles. The first-order valence-corrected chi connectivity index (χ1v) is 5.55. The third-order valence-corrected chi connectivity index (χ3v) is 1.78. The largest absolute Gasteiger partial charge is 0.464 e. The first kappa shape index (κ1) is 13.2. The third-order valence-electron chi connectivity index (χ3n) is 1.78. The van der Waals surface area contributed by atoms with Crippen molar-refractivity contribution in [2.45, 2.75) is 26.8 Å². The predicted octanol–water partition coefficient (Wildman–Crippen LogP) is 1.41. The van der Waals surface area contributed by atoms with Gasteiger partial charge in [0.2, 0.25) is 5.91 Å². The monoisotopic (exact) mass is 235 g/mol. The normalized spacial score (nSPS) is 10.8. The van der Waals surface area contributed by atoms with E-state index in [1.165, 1.54) is 6.08 Å². The number of hydrogen-bond acceptors (Lipinski definition) is 4. The van der Waals surface area contributed by atoms with Crippen LogP contribution in [0.25, 0.3) is 6.08 Å². The lowest BCUT2D eigenvalue weighted by atomic mass is 10.3. The number of hydrogen-bond donors (Lipinski definition) is 1. The van der Waals surface area contributed by atoms with Crippen molar-refractivity contribution >= 4 is 12.0 Å². The third kappa shape index (κ3) is 5.10. The van der Waals surface area contributed by atoms with Gasteiger partial charge in [0.25, 0.3) is 0 Å². The van der Waals surface area contributed by atoms with Crippen LogP contribution in [0, 0.1) is 0 Å². The van der Waals surface area contributed by atoms with Gasteiger partial charge in [-0.05, 0) is 26.8 Å². The van der Waals surface area contributed by atoms with Gasteiger partial charge in [0.05, 0.1) is 6.61 Å². The minimum atomic E-state index is -0.131. The van der Waals surface area contributed by atoms with Gasteiger partial charge in [-0.1, -0.05) is 0 Å². The highest BCUT2D eigenvalue weighted by Crippen LogP contribution is 2.03. The number of nitrogens with zero attached hydrogens (tertiary/aromatic N) is 2. The summed E-state index contributed by atoms with van der Waals surface area (Å²) in [7, 11) is 0. The Kier molecular flexibility index (Phi) is 5.13. The van der Waals surface area contributed by atoms with Crippen LogP contribution in [-0.4, -0.2) is 28.5 Å². The van der Waals surface area contributed by atoms with E-state index < -0.39 is 0 Å². The van der Waals surface area contributed by atoms with Crippen LogP contribution in [-0.2, 0) is 4.79 Å². The number of carbonyl (C=O) groups excluding carboxylic acids is 1. The van der Waals surface area contributed by atoms with E-state index in [0.717, 1.165) is 5.56 Å². The Hall–Kier alpha value is -1.91. The molecule has 1 heterocycles. The van der Waals surface area contributed by atoms with Crippen LogP contribution in [0.15, 0.2) is 18.5 Å². The lowest BCUT2D eigenvalue weighted by molar-refractivity contribution is -0.116. The average molecular weight is 235 g/mol. The fraction of sp³-hybridized carbons (Fsp3) is 0.417. The Morgan fingerprint density at radius 1 is 1.47 bits per heavy atom. The van der Waals surface area contributed by atoms with Gasteiger partial charge in [-0.3, -0.25) is 4.79 Å². The molecule has 0 unspecified atom stereocenters. The Morgan fingerprint density at radius 2 is 2.12 bits per heavy atom. The molecule has 5 heteroatoms. The number of amides is 1. The lowest BCUT2D eigenvalue weighted by Gasteiger charge is -2.04. The summed E-state index contributed by atoms with van der Waals surface area (Å²) in [6.45, 7) is 6.22. The molecule has 5 nitrogen and oxygen atoms in total. The molecule has 1 rings (SSSR count). The maximum Gasteiger partial charge on any atom is 0.316 e. The van der Waals surface area contributed by atoms with Gasteiger partial charge in [-0.2, -0.15) is 0 Å². The summed E-state index contributed by atoms with van der Waals surface area (Å²) in [5.74, 6) is -0.131. The van der Waals surface area contributed by atoms with E-state index in [2.05, 4.69) is 15.3 Å². The van der Waals surface area contributed by atoms with Crippen molar-refractivity contribution in [3.8, 4) is 6.01 Å². The molecule has 0 aliphatic rings. The summed E-state index contributed by atoms with van der Waals surface area (Å²) in [6, 6.07) is 0.472. The SMILES string of the molecule is CCOc1ncc(/C=C/C(=O)NC(C)C)cn1. The summed E-state index contributed by atoms with van der Waals surface area (Å²) >= 11 is 0. The van der Waals surface area contributed by atoms with Crippen LogP contribution in [0.4, 0.5) is 0 Å². The molecule has 0 saturated heterocycles. The number of carbonyl (C=O) groups is 1. The summed E-state index contributed by atoms with van der Waals surface area (Å²) in [5.41, 5.74) is 0.757. The van der Waals surface area contributed by atoms with E-state index in [9.17, 15) is 4.79 Å². The Bertz CT molecular complexity index is 385. The van der Waals surface area contributed by atoms with Crippen molar-refractivity contribution in [2.75, 3.05) is 6.61 Å². The molecule has 1 N–H and O–H groups in total. The molecule has 0 spiro atoms. The molecule has 0 aliphatic heterocycles. The van der Waals surface area contributed by atoms with Gasteiger partial charge in [0.1, 0.15) is 0 Å². The van der Waals surface area contributed by atoms with Crippen LogP contribution >= 0.6 is 0 Å². The van der Waals surface area contributed by atoms with E-state index in [1.807, 2.05) is 20.8 Å². The minimum Gasteiger partial charge on any atom is -0.464 e. The molecule has 0 aliphatic carbocycles. The zero-order chi connectivity index (χ0) is 12.7. The van der Waals surface area contributed by atoms with Gasteiger partial charge in [-0.25, -0.2) is 9.97 Å². The first-order chi connectivity index (χ1) is 8.11. The standard InChI is InChI=1S/C12H17N3O2/c1-4-17-12-13-7-10(8-14-12)5-6-11(16)15-9(2)3/h5-9H,4H2,1-3H3,(H,15,16)/b6-5+. The second kappa shape index (κ2) is 6.62. The topological polar surface area (TPSA) is 64.1 Å². The highest BCUT2D eigenvalue weighted by atomic mass is 16.5. The van der Waals surface area contributed by atoms with Crippen LogP contribution in [0.5, 0.6) is 6.01 Å². The fourth-order valence-electron chi connectivity index (χ4n) is 1.12. The molecule has 0 bridgehead atoms. The second-order valence-corrected chi connectivity index (χ2v) is 3.73. The average Bonchev–Trinajstić information content (AvgIpc) is 2.28. The van der Waals surface area contributed by atoms with Gasteiger partial charge in [0.15, 0.2) is 0 Å². The molecular formula is C12H17N3O2. The molecule has 0 atom stereocenters. The second-order valence-electron chi connectivity index (χ2n) is 3.73. The minimum absolute atomic E-state index is 0.128. The van der Waals surface area contributed by atoms with Crippen LogP contribution in [0.2, 0.25) is 0 Å². The van der Waals surface area contributed by atoms with Crippen molar-refractivity contribution in [3.63, 3.8) is 0 Å². The van der Waals surface area contributed by atoms with Gasteiger partial charge in [0, 0.05) is 30.1 Å². The zero-order valence-corrected chi connectivity index (χ0v) is 10.3. The number of rotatable bonds is 5. The van der Waals surface area contributed by atoms with Crippen LogP contribution in [0.1, 0.15) is 26.3 Å². The predicted molar refractivity (Wildman–Crippen MR) is 65.5 cm³/mol. The summed E-state index contributed by atoms with van der Waals surface area (Å²) in [5, 5.41) is 2.75. The van der Waals surface area contributed by atoms with Crippen molar-refractivity contribution in [1.29, 1.82) is 0 Å². The Morgan fingerprint density at radius 3 is 2.65 bits per heavy atom. The van der Waals surface area contributed by atoms with E-state index in [1.54, 1.807) is 18.5 Å². The van der Waals surface area contributed by atoms with E-state index >= 15 is 0 Å². The fourth-order valence-corrected chi connectivity index (χ4v) is 1.12. The lowest BCUT2D eigenvalue weighted by Crippen LogP contribution is -2.28. The molecule has 17 heavy (non-hydrogen) atoms. The molecule has 1 aromatic rings. The van der Waals surface area contributed by atoms with E-state index in [-0.39, 0.29) is 11.9 Å². The number of nitrogens with one attached hydrogen (secondary N) is 1. The Labute approximate surface area is 101 Å². The molecule has 0 aromatic carbocycles. The highest BCUT2D eigenvalue weighted by Gasteiger charge is 1.98. The molecule has 92 valence electrons. The van der Waals surface area contributed by atoms with E-state index in [0.29, 0.717) is 12.6 Å². The zero-order valence-electron chi connectivity index (χ0n) is 10.3. The van der Waals surface area contributed by atoms with E-state index in [4.69, 9.17) is 4.74 Å². The molecule has 1 amide bonds. The number of ether oxygens (including phenoxy) is 1. The summed E-state index contributed by atoms with van der Waals surface area (Å²) < 4.78 is 5.11.